The Morgan fingerprint density at radius 3 is 2.45 bits per heavy atom. The third kappa shape index (κ3) is 3.81. The van der Waals surface area contributed by atoms with Gasteiger partial charge in [0.1, 0.15) is 0 Å². The first-order valence-corrected chi connectivity index (χ1v) is 7.43. The summed E-state index contributed by atoms with van der Waals surface area (Å²) in [6.07, 6.45) is 1.97. The smallest absolute Gasteiger partial charge is 0.241 e. The van der Waals surface area contributed by atoms with Crippen molar-refractivity contribution in [3.8, 4) is 0 Å². The molecule has 20 heavy (non-hydrogen) atoms. The Kier molecular flexibility index (Phi) is 5.15. The lowest BCUT2D eigenvalue weighted by Gasteiger charge is -2.33. The molecule has 2 N–H and O–H groups in total. The van der Waals surface area contributed by atoms with Gasteiger partial charge in [0.25, 0.3) is 0 Å². The maximum Gasteiger partial charge on any atom is 0.241 e. The van der Waals surface area contributed by atoms with E-state index < -0.39 is 0 Å². The molecule has 0 aliphatic carbocycles. The van der Waals surface area contributed by atoms with E-state index in [0.29, 0.717) is 12.6 Å². The molecule has 1 heterocycles. The summed E-state index contributed by atoms with van der Waals surface area (Å²) >= 11 is 0. The molecule has 110 valence electrons. The summed E-state index contributed by atoms with van der Waals surface area (Å²) in [5, 5.41) is 0. The molecule has 0 radical (unpaired) electrons. The van der Waals surface area contributed by atoms with Gasteiger partial charge in [-0.2, -0.15) is 0 Å². The molecule has 1 aliphatic rings. The highest BCUT2D eigenvalue weighted by atomic mass is 16.2. The lowest BCUT2D eigenvalue weighted by molar-refractivity contribution is -0.120. The van der Waals surface area contributed by atoms with Crippen molar-refractivity contribution in [3.05, 3.63) is 30.3 Å². The van der Waals surface area contributed by atoms with E-state index in [0.717, 1.165) is 31.6 Å². The third-order valence-electron chi connectivity index (χ3n) is 3.81. The van der Waals surface area contributed by atoms with Gasteiger partial charge in [0, 0.05) is 30.9 Å². The van der Waals surface area contributed by atoms with Crippen LogP contribution in [0.4, 0.5) is 5.69 Å². The summed E-state index contributed by atoms with van der Waals surface area (Å²) in [6.45, 7) is 6.44. The fraction of sp³-hybridized carbons (Fsp3) is 0.562. The zero-order valence-electron chi connectivity index (χ0n) is 12.5. The van der Waals surface area contributed by atoms with Gasteiger partial charge in [-0.1, -0.05) is 18.2 Å². The maximum absolute atomic E-state index is 12.6. The molecule has 0 unspecified atom stereocenters. The van der Waals surface area contributed by atoms with Gasteiger partial charge in [0.05, 0.1) is 6.54 Å². The highest BCUT2D eigenvalue weighted by Gasteiger charge is 2.23. The van der Waals surface area contributed by atoms with Gasteiger partial charge < -0.3 is 10.6 Å². The van der Waals surface area contributed by atoms with Crippen LogP contribution in [0, 0.1) is 0 Å². The predicted octanol–water partition coefficient (Wildman–Crippen LogP) is 1.85. The number of carbonyl (C=O) groups excluding carboxylic acids is 1. The molecule has 0 aromatic heterocycles. The van der Waals surface area contributed by atoms with E-state index >= 15 is 0 Å². The van der Waals surface area contributed by atoms with Crippen LogP contribution in [0.1, 0.15) is 26.7 Å². The Labute approximate surface area is 121 Å². The van der Waals surface area contributed by atoms with E-state index in [-0.39, 0.29) is 11.9 Å². The van der Waals surface area contributed by atoms with Crippen molar-refractivity contribution in [1.82, 2.24) is 4.90 Å². The second kappa shape index (κ2) is 6.86. The molecule has 1 saturated heterocycles. The molecule has 1 aliphatic heterocycles. The molecule has 1 fully saturated rings. The third-order valence-corrected chi connectivity index (χ3v) is 3.81. The van der Waals surface area contributed by atoms with E-state index in [2.05, 4.69) is 18.7 Å². The molecule has 0 atom stereocenters. The average Bonchev–Trinajstić information content (AvgIpc) is 2.42. The first-order valence-electron chi connectivity index (χ1n) is 7.43. The fourth-order valence-electron chi connectivity index (χ4n) is 2.70. The van der Waals surface area contributed by atoms with Crippen molar-refractivity contribution in [2.24, 2.45) is 5.73 Å². The van der Waals surface area contributed by atoms with Crippen LogP contribution in [-0.2, 0) is 4.79 Å². The van der Waals surface area contributed by atoms with Gasteiger partial charge in [-0.3, -0.25) is 9.69 Å². The molecule has 4 heteroatoms. The number of piperidine rings is 1. The SMILES string of the molecule is CC(C)N(C(=O)CN1CCC(N)CC1)c1ccccc1. The van der Waals surface area contributed by atoms with Crippen LogP contribution in [0.5, 0.6) is 0 Å². The molecule has 4 nitrogen and oxygen atoms in total. The number of anilines is 1. The van der Waals surface area contributed by atoms with Gasteiger partial charge >= 0.3 is 0 Å². The lowest BCUT2D eigenvalue weighted by Crippen LogP contribution is -2.47. The van der Waals surface area contributed by atoms with Crippen molar-refractivity contribution >= 4 is 11.6 Å². The molecular formula is C16H25N3O. The van der Waals surface area contributed by atoms with E-state index in [1.807, 2.05) is 35.2 Å². The van der Waals surface area contributed by atoms with E-state index in [4.69, 9.17) is 5.73 Å². The molecule has 0 bridgehead atoms. The number of hydrogen-bond donors (Lipinski definition) is 1. The van der Waals surface area contributed by atoms with Crippen LogP contribution in [0.3, 0.4) is 0 Å². The monoisotopic (exact) mass is 275 g/mol. The molecule has 1 aromatic rings. The maximum atomic E-state index is 12.6. The number of nitrogens with zero attached hydrogens (tertiary/aromatic N) is 2. The number of amides is 1. The number of rotatable bonds is 4. The predicted molar refractivity (Wildman–Crippen MR) is 82.7 cm³/mol. The number of hydrogen-bond acceptors (Lipinski definition) is 3. The minimum absolute atomic E-state index is 0.164. The highest BCUT2D eigenvalue weighted by molar-refractivity contribution is 5.95. The zero-order valence-corrected chi connectivity index (χ0v) is 12.5. The van der Waals surface area contributed by atoms with Gasteiger partial charge in [-0.05, 0) is 38.8 Å². The first-order chi connectivity index (χ1) is 9.58. The standard InChI is InChI=1S/C16H25N3O/c1-13(2)19(15-6-4-3-5-7-15)16(20)12-18-10-8-14(17)9-11-18/h3-7,13-14H,8-12,17H2,1-2H3. The minimum Gasteiger partial charge on any atom is -0.328 e. The summed E-state index contributed by atoms with van der Waals surface area (Å²) in [4.78, 5) is 16.7. The van der Waals surface area contributed by atoms with Crippen LogP contribution in [0.25, 0.3) is 0 Å². The summed E-state index contributed by atoms with van der Waals surface area (Å²) in [5.74, 6) is 0.168. The molecule has 2 rings (SSSR count). The van der Waals surface area contributed by atoms with Crippen molar-refractivity contribution < 1.29 is 4.79 Å². The Hall–Kier alpha value is -1.39. The Morgan fingerprint density at radius 2 is 1.90 bits per heavy atom. The molecule has 1 amide bonds. The topological polar surface area (TPSA) is 49.6 Å². The second-order valence-corrected chi connectivity index (χ2v) is 5.81. The van der Waals surface area contributed by atoms with E-state index in [1.54, 1.807) is 0 Å². The summed E-state index contributed by atoms with van der Waals surface area (Å²) < 4.78 is 0. The first kappa shape index (κ1) is 15.0. The van der Waals surface area contributed by atoms with Crippen LogP contribution < -0.4 is 10.6 Å². The number of para-hydroxylation sites is 1. The normalized spacial score (nSPS) is 17.4. The van der Waals surface area contributed by atoms with E-state index in [1.165, 1.54) is 0 Å². The fourth-order valence-corrected chi connectivity index (χ4v) is 2.70. The minimum atomic E-state index is 0.164. The Bertz CT molecular complexity index is 425. The lowest BCUT2D eigenvalue weighted by atomic mass is 10.1. The van der Waals surface area contributed by atoms with E-state index in [9.17, 15) is 4.79 Å². The second-order valence-electron chi connectivity index (χ2n) is 5.81. The Balaban J connectivity index is 2.01. The Morgan fingerprint density at radius 1 is 1.30 bits per heavy atom. The van der Waals surface area contributed by atoms with Gasteiger partial charge in [0.15, 0.2) is 0 Å². The number of likely N-dealkylation sites (tertiary alicyclic amines) is 1. The zero-order chi connectivity index (χ0) is 14.5. The van der Waals surface area contributed by atoms with Crippen molar-refractivity contribution in [2.75, 3.05) is 24.5 Å². The molecule has 0 saturated carbocycles. The van der Waals surface area contributed by atoms with Crippen LogP contribution in [-0.4, -0.2) is 42.5 Å². The van der Waals surface area contributed by atoms with Gasteiger partial charge in [-0.15, -0.1) is 0 Å². The number of nitrogens with two attached hydrogens (primary N) is 1. The molecule has 0 spiro atoms. The quantitative estimate of drug-likeness (QED) is 0.912. The van der Waals surface area contributed by atoms with Crippen LogP contribution in [0.15, 0.2) is 30.3 Å². The van der Waals surface area contributed by atoms with Crippen molar-refractivity contribution in [3.63, 3.8) is 0 Å². The van der Waals surface area contributed by atoms with Crippen LogP contribution in [0.2, 0.25) is 0 Å². The van der Waals surface area contributed by atoms with Crippen molar-refractivity contribution in [1.29, 1.82) is 0 Å². The summed E-state index contributed by atoms with van der Waals surface area (Å²) in [6, 6.07) is 10.4. The number of carbonyl (C=O) groups is 1. The summed E-state index contributed by atoms with van der Waals surface area (Å²) in [5.41, 5.74) is 6.88. The van der Waals surface area contributed by atoms with Gasteiger partial charge in [0.2, 0.25) is 5.91 Å². The number of benzene rings is 1. The molecule has 1 aromatic carbocycles. The highest BCUT2D eigenvalue weighted by Crippen LogP contribution is 2.17. The molecular weight excluding hydrogens is 250 g/mol. The van der Waals surface area contributed by atoms with Gasteiger partial charge in [-0.25, -0.2) is 0 Å². The largest absolute Gasteiger partial charge is 0.328 e. The summed E-state index contributed by atoms with van der Waals surface area (Å²) in [7, 11) is 0. The average molecular weight is 275 g/mol. The van der Waals surface area contributed by atoms with Crippen molar-refractivity contribution in [2.45, 2.75) is 38.8 Å². The van der Waals surface area contributed by atoms with Crippen LogP contribution >= 0.6 is 0 Å².